The van der Waals surface area contributed by atoms with Crippen molar-refractivity contribution < 1.29 is 0 Å². The number of aliphatic imine (C=N–C) groups is 1. The summed E-state index contributed by atoms with van der Waals surface area (Å²) < 4.78 is 0. The molecule has 126 valence electrons. The van der Waals surface area contributed by atoms with Crippen molar-refractivity contribution in [2.24, 2.45) is 10.9 Å². The predicted molar refractivity (Wildman–Crippen MR) is 101 cm³/mol. The fraction of sp³-hybridized carbons (Fsp3) is 0.947. The molecule has 3 atom stereocenters. The maximum Gasteiger partial charge on any atom is 0.105 e. The Hall–Kier alpha value is -0.465. The molecule has 1 saturated carbocycles. The van der Waals surface area contributed by atoms with E-state index in [-0.39, 0.29) is 0 Å². The summed E-state index contributed by atoms with van der Waals surface area (Å²) in [5.41, 5.74) is 0. The summed E-state index contributed by atoms with van der Waals surface area (Å²) >= 11 is 0. The molecular formula is C19H37BN2. The van der Waals surface area contributed by atoms with E-state index in [0.29, 0.717) is 12.1 Å². The maximum absolute atomic E-state index is 4.99. The third-order valence-corrected chi connectivity index (χ3v) is 5.55. The molecule has 0 aromatic carbocycles. The van der Waals surface area contributed by atoms with Crippen molar-refractivity contribution in [3.63, 3.8) is 0 Å². The van der Waals surface area contributed by atoms with Crippen LogP contribution >= 0.6 is 0 Å². The van der Waals surface area contributed by atoms with E-state index in [1.54, 1.807) is 0 Å². The molecule has 1 aliphatic heterocycles. The number of hydrogen-bond acceptors (Lipinski definition) is 1. The first-order valence-electron chi connectivity index (χ1n) is 9.84. The van der Waals surface area contributed by atoms with Crippen LogP contribution in [0.4, 0.5) is 0 Å². The number of rotatable bonds is 2. The van der Waals surface area contributed by atoms with Crippen molar-refractivity contribution in [1.82, 2.24) is 4.90 Å². The van der Waals surface area contributed by atoms with Crippen LogP contribution in [0.15, 0.2) is 4.99 Å². The molecule has 0 aromatic heterocycles. The van der Waals surface area contributed by atoms with Crippen LogP contribution < -0.4 is 0 Å². The first-order chi connectivity index (χ1) is 10.5. The van der Waals surface area contributed by atoms with E-state index in [1.807, 2.05) is 0 Å². The molecule has 0 aromatic rings. The van der Waals surface area contributed by atoms with Crippen LogP contribution in [-0.2, 0) is 0 Å². The van der Waals surface area contributed by atoms with Gasteiger partial charge in [0.15, 0.2) is 0 Å². The molecule has 2 aliphatic rings. The van der Waals surface area contributed by atoms with E-state index in [0.717, 1.165) is 17.8 Å². The zero-order valence-electron chi connectivity index (χ0n) is 15.6. The van der Waals surface area contributed by atoms with Crippen molar-refractivity contribution >= 4 is 13.7 Å². The molecular weight excluding hydrogens is 267 g/mol. The zero-order valence-corrected chi connectivity index (χ0v) is 15.6. The number of likely N-dealkylation sites (tertiary alicyclic amines) is 1. The highest BCUT2D eigenvalue weighted by atomic mass is 15.2. The molecule has 0 radical (unpaired) electrons. The van der Waals surface area contributed by atoms with Gasteiger partial charge in [-0.25, -0.2) is 0 Å². The van der Waals surface area contributed by atoms with Gasteiger partial charge in [0.1, 0.15) is 7.85 Å². The quantitative estimate of drug-likeness (QED) is 0.688. The Kier molecular flexibility index (Phi) is 6.83. The van der Waals surface area contributed by atoms with Gasteiger partial charge in [-0.1, -0.05) is 44.3 Å². The smallest absolute Gasteiger partial charge is 0.105 e. The molecule has 0 N–H and O–H groups in total. The molecule has 1 heterocycles. The predicted octanol–water partition coefficient (Wildman–Crippen LogP) is 4.45. The van der Waals surface area contributed by atoms with Crippen LogP contribution in [0.3, 0.4) is 0 Å². The molecule has 2 fully saturated rings. The van der Waals surface area contributed by atoms with E-state index in [9.17, 15) is 0 Å². The molecule has 0 spiro atoms. The minimum absolute atomic E-state index is 0.422. The fourth-order valence-corrected chi connectivity index (χ4v) is 4.65. The third kappa shape index (κ3) is 4.76. The van der Waals surface area contributed by atoms with Gasteiger partial charge in [0.05, 0.1) is 5.84 Å². The Bertz CT molecular complexity index is 364. The van der Waals surface area contributed by atoms with Crippen molar-refractivity contribution in [3.8, 4) is 0 Å². The summed E-state index contributed by atoms with van der Waals surface area (Å²) in [7, 11) is 2.48. The summed E-state index contributed by atoms with van der Waals surface area (Å²) in [6.07, 6.45) is 12.6. The van der Waals surface area contributed by atoms with Gasteiger partial charge in [-0.05, 0) is 46.5 Å². The molecule has 22 heavy (non-hydrogen) atoms. The zero-order chi connectivity index (χ0) is 16.1. The van der Waals surface area contributed by atoms with E-state index in [1.165, 1.54) is 63.6 Å². The van der Waals surface area contributed by atoms with Crippen molar-refractivity contribution in [2.75, 3.05) is 0 Å². The van der Waals surface area contributed by atoms with E-state index >= 15 is 0 Å². The first-order valence-corrected chi connectivity index (χ1v) is 9.84. The van der Waals surface area contributed by atoms with E-state index in [4.69, 9.17) is 4.99 Å². The number of hydrogen-bond donors (Lipinski definition) is 0. The Morgan fingerprint density at radius 2 is 1.68 bits per heavy atom. The summed E-state index contributed by atoms with van der Waals surface area (Å²) in [5, 5.41) is 0. The number of piperidine rings is 1. The average molecular weight is 304 g/mol. The Morgan fingerprint density at radius 3 is 2.32 bits per heavy atom. The van der Waals surface area contributed by atoms with Gasteiger partial charge in [-0.2, -0.15) is 0 Å². The van der Waals surface area contributed by atoms with Crippen molar-refractivity contribution in [3.05, 3.63) is 0 Å². The fourth-order valence-electron chi connectivity index (χ4n) is 4.65. The summed E-state index contributed by atoms with van der Waals surface area (Å²) in [6, 6.07) is 1.75. The third-order valence-electron chi connectivity index (χ3n) is 5.55. The van der Waals surface area contributed by atoms with E-state index in [2.05, 4.69) is 40.4 Å². The SMILES string of the molecule is BC1CCCCCCC2C(CC/C(=N\C(C)C)N2C(C)C)C1. The summed E-state index contributed by atoms with van der Waals surface area (Å²) in [4.78, 5) is 7.70. The first kappa shape index (κ1) is 17.9. The van der Waals surface area contributed by atoms with Gasteiger partial charge in [-0.3, -0.25) is 4.99 Å². The monoisotopic (exact) mass is 304 g/mol. The lowest BCUT2D eigenvalue weighted by molar-refractivity contribution is 0.134. The minimum atomic E-state index is 0.422. The molecule has 1 aliphatic carbocycles. The molecule has 2 nitrogen and oxygen atoms in total. The van der Waals surface area contributed by atoms with E-state index < -0.39 is 0 Å². The van der Waals surface area contributed by atoms with Gasteiger partial charge in [0.25, 0.3) is 0 Å². The molecule has 1 saturated heterocycles. The lowest BCUT2D eigenvalue weighted by atomic mass is 9.70. The number of amidine groups is 1. The minimum Gasteiger partial charge on any atom is -0.355 e. The van der Waals surface area contributed by atoms with Crippen molar-refractivity contribution in [1.29, 1.82) is 0 Å². The lowest BCUT2D eigenvalue weighted by Gasteiger charge is -2.47. The van der Waals surface area contributed by atoms with Crippen LogP contribution in [0.25, 0.3) is 0 Å². The molecule has 3 unspecified atom stereocenters. The molecule has 0 amide bonds. The number of fused-ring (bicyclic) bond motifs is 1. The highest BCUT2D eigenvalue weighted by Gasteiger charge is 2.36. The Balaban J connectivity index is 2.20. The van der Waals surface area contributed by atoms with Gasteiger partial charge in [0, 0.05) is 24.5 Å². The van der Waals surface area contributed by atoms with Crippen LogP contribution in [0, 0.1) is 5.92 Å². The Morgan fingerprint density at radius 1 is 1.00 bits per heavy atom. The second-order valence-electron chi connectivity index (χ2n) is 8.34. The largest absolute Gasteiger partial charge is 0.355 e. The van der Waals surface area contributed by atoms with Gasteiger partial charge in [0.2, 0.25) is 0 Å². The Labute approximate surface area is 139 Å². The molecule has 3 heteroatoms. The van der Waals surface area contributed by atoms with Crippen LogP contribution in [0.2, 0.25) is 5.82 Å². The molecule has 2 rings (SSSR count). The van der Waals surface area contributed by atoms with Crippen LogP contribution in [0.1, 0.15) is 85.5 Å². The highest BCUT2D eigenvalue weighted by Crippen LogP contribution is 2.37. The second-order valence-corrected chi connectivity index (χ2v) is 8.34. The summed E-state index contributed by atoms with van der Waals surface area (Å²) in [6.45, 7) is 9.15. The van der Waals surface area contributed by atoms with Crippen LogP contribution in [-0.4, -0.2) is 36.7 Å². The second kappa shape index (κ2) is 8.40. The molecule has 0 bridgehead atoms. The number of nitrogens with zero attached hydrogens (tertiary/aromatic N) is 2. The van der Waals surface area contributed by atoms with Gasteiger partial charge in [-0.15, -0.1) is 0 Å². The normalized spacial score (nSPS) is 33.3. The highest BCUT2D eigenvalue weighted by molar-refractivity contribution is 6.11. The van der Waals surface area contributed by atoms with Gasteiger partial charge >= 0.3 is 0 Å². The average Bonchev–Trinajstić information content (AvgIpc) is 2.43. The lowest BCUT2D eigenvalue weighted by Crippen LogP contribution is -2.52. The van der Waals surface area contributed by atoms with Gasteiger partial charge < -0.3 is 4.90 Å². The standard InChI is InChI=1S/C19H37BN2/c1-14(2)21-19-12-11-16-13-17(20)9-7-5-6-8-10-18(16)22(19)15(3)4/h14-18H,5-13,20H2,1-4H3/b21-19+. The van der Waals surface area contributed by atoms with Crippen LogP contribution in [0.5, 0.6) is 0 Å². The maximum atomic E-state index is 4.99. The van der Waals surface area contributed by atoms with Crippen molar-refractivity contribution in [2.45, 2.75) is 109 Å². The summed E-state index contributed by atoms with van der Waals surface area (Å²) in [5.74, 6) is 3.20. The topological polar surface area (TPSA) is 15.6 Å².